The second kappa shape index (κ2) is 9.35. The van der Waals surface area contributed by atoms with Gasteiger partial charge in [-0.15, -0.1) is 0 Å². The minimum absolute atomic E-state index is 0.209. The SMILES string of the molecule is COc1ccc(NC(=O)c2n[nH]c3ccc(NC(=O)Cc4ccccc4)cc3c2=O)c(C)c1. The summed E-state index contributed by atoms with van der Waals surface area (Å²) in [6, 6.07) is 19.4. The minimum Gasteiger partial charge on any atom is -0.497 e. The maximum absolute atomic E-state index is 13.0. The number of aryl methyl sites for hydroxylation is 1. The molecule has 0 aliphatic rings. The number of fused-ring (bicyclic) bond motifs is 1. The van der Waals surface area contributed by atoms with Crippen LogP contribution < -0.4 is 20.8 Å². The number of aromatic nitrogens is 2. The molecule has 0 radical (unpaired) electrons. The summed E-state index contributed by atoms with van der Waals surface area (Å²) in [7, 11) is 1.56. The molecule has 0 aliphatic carbocycles. The monoisotopic (exact) mass is 442 g/mol. The lowest BCUT2D eigenvalue weighted by Gasteiger charge is -2.10. The van der Waals surface area contributed by atoms with E-state index >= 15 is 0 Å². The highest BCUT2D eigenvalue weighted by atomic mass is 16.5. The third kappa shape index (κ3) is 4.90. The molecule has 8 nitrogen and oxygen atoms in total. The average molecular weight is 442 g/mol. The normalized spacial score (nSPS) is 10.6. The summed E-state index contributed by atoms with van der Waals surface area (Å²) in [4.78, 5) is 38.1. The number of amides is 2. The van der Waals surface area contributed by atoms with Crippen molar-refractivity contribution in [3.8, 4) is 5.75 Å². The van der Waals surface area contributed by atoms with Crippen LogP contribution in [0.4, 0.5) is 11.4 Å². The number of benzene rings is 3. The summed E-state index contributed by atoms with van der Waals surface area (Å²) in [6.45, 7) is 1.82. The Morgan fingerprint density at radius 3 is 2.52 bits per heavy atom. The van der Waals surface area contributed by atoms with E-state index in [1.165, 1.54) is 6.07 Å². The number of hydrogen-bond donors (Lipinski definition) is 3. The van der Waals surface area contributed by atoms with Crippen molar-refractivity contribution in [1.29, 1.82) is 0 Å². The summed E-state index contributed by atoms with van der Waals surface area (Å²) in [5, 5.41) is 12.4. The summed E-state index contributed by atoms with van der Waals surface area (Å²) in [6.07, 6.45) is 0.209. The van der Waals surface area contributed by atoms with E-state index in [4.69, 9.17) is 4.74 Å². The molecule has 3 N–H and O–H groups in total. The van der Waals surface area contributed by atoms with Gasteiger partial charge in [-0.2, -0.15) is 5.10 Å². The fourth-order valence-electron chi connectivity index (χ4n) is 3.43. The number of anilines is 2. The number of ether oxygens (including phenoxy) is 1. The van der Waals surface area contributed by atoms with E-state index in [1.54, 1.807) is 37.4 Å². The maximum Gasteiger partial charge on any atom is 0.280 e. The molecule has 33 heavy (non-hydrogen) atoms. The van der Waals surface area contributed by atoms with Gasteiger partial charge in [-0.05, 0) is 54.4 Å². The first-order valence-electron chi connectivity index (χ1n) is 10.3. The first-order chi connectivity index (χ1) is 15.9. The van der Waals surface area contributed by atoms with Gasteiger partial charge in [0.25, 0.3) is 5.91 Å². The molecule has 0 atom stereocenters. The van der Waals surface area contributed by atoms with Crippen molar-refractivity contribution < 1.29 is 14.3 Å². The van der Waals surface area contributed by atoms with Crippen molar-refractivity contribution in [3.63, 3.8) is 0 Å². The van der Waals surface area contributed by atoms with Crippen LogP contribution in [0.3, 0.4) is 0 Å². The van der Waals surface area contributed by atoms with E-state index in [9.17, 15) is 14.4 Å². The molecule has 166 valence electrons. The number of nitrogens with zero attached hydrogens (tertiary/aromatic N) is 1. The van der Waals surface area contributed by atoms with Gasteiger partial charge in [-0.1, -0.05) is 30.3 Å². The summed E-state index contributed by atoms with van der Waals surface area (Å²) >= 11 is 0. The number of aromatic amines is 1. The number of carbonyl (C=O) groups is 2. The van der Waals surface area contributed by atoms with E-state index in [1.807, 2.05) is 37.3 Å². The van der Waals surface area contributed by atoms with Crippen molar-refractivity contribution in [2.75, 3.05) is 17.7 Å². The fourth-order valence-corrected chi connectivity index (χ4v) is 3.43. The lowest BCUT2D eigenvalue weighted by Crippen LogP contribution is -2.24. The van der Waals surface area contributed by atoms with Crippen LogP contribution in [0.2, 0.25) is 0 Å². The smallest absolute Gasteiger partial charge is 0.280 e. The van der Waals surface area contributed by atoms with E-state index in [0.29, 0.717) is 22.6 Å². The van der Waals surface area contributed by atoms with E-state index in [-0.39, 0.29) is 23.4 Å². The van der Waals surface area contributed by atoms with Crippen molar-refractivity contribution in [3.05, 3.63) is 93.8 Å². The topological polar surface area (TPSA) is 113 Å². The molecule has 0 fully saturated rings. The number of carbonyl (C=O) groups excluding carboxylic acids is 2. The standard InChI is InChI=1S/C25H22N4O4/c1-15-12-18(33-2)9-11-20(15)27-25(32)23-24(31)19-14-17(8-10-21(19)28-29-23)26-22(30)13-16-6-4-3-5-7-16/h3-12,14H,13H2,1-2H3,(H,26,30)(H,27,32)(H,28,31). The highest BCUT2D eigenvalue weighted by Crippen LogP contribution is 2.21. The molecule has 1 heterocycles. The molecular weight excluding hydrogens is 420 g/mol. The van der Waals surface area contributed by atoms with Gasteiger partial charge < -0.3 is 15.4 Å². The second-order valence-corrected chi connectivity index (χ2v) is 7.51. The summed E-state index contributed by atoms with van der Waals surface area (Å²) in [5.74, 6) is -0.182. The van der Waals surface area contributed by atoms with Gasteiger partial charge in [-0.3, -0.25) is 19.5 Å². The molecule has 0 saturated carbocycles. The molecule has 0 unspecified atom stereocenters. The first kappa shape index (κ1) is 21.8. The zero-order valence-corrected chi connectivity index (χ0v) is 18.1. The van der Waals surface area contributed by atoms with Gasteiger partial charge in [0.1, 0.15) is 5.75 Å². The molecule has 3 aromatic carbocycles. The zero-order valence-electron chi connectivity index (χ0n) is 18.1. The molecule has 0 saturated heterocycles. The Kier molecular flexibility index (Phi) is 6.17. The number of H-pyrrole nitrogens is 1. The lowest BCUT2D eigenvalue weighted by atomic mass is 10.1. The number of rotatable bonds is 6. The predicted octanol–water partition coefficient (Wildman–Crippen LogP) is 3.67. The first-order valence-corrected chi connectivity index (χ1v) is 10.3. The second-order valence-electron chi connectivity index (χ2n) is 7.51. The van der Waals surface area contributed by atoms with Crippen molar-refractivity contribution in [2.24, 2.45) is 0 Å². The average Bonchev–Trinajstić information content (AvgIpc) is 2.81. The third-order valence-electron chi connectivity index (χ3n) is 5.16. The Labute approximate surface area is 189 Å². The van der Waals surface area contributed by atoms with E-state index in [2.05, 4.69) is 20.8 Å². The van der Waals surface area contributed by atoms with Crippen LogP contribution in [0.15, 0.2) is 71.5 Å². The van der Waals surface area contributed by atoms with Gasteiger partial charge in [0.05, 0.1) is 24.4 Å². The Balaban J connectivity index is 1.56. The minimum atomic E-state index is -0.634. The van der Waals surface area contributed by atoms with Crippen LogP contribution in [0, 0.1) is 6.92 Å². The Hall–Kier alpha value is -4.46. The highest BCUT2D eigenvalue weighted by Gasteiger charge is 2.17. The van der Waals surface area contributed by atoms with Gasteiger partial charge in [0.2, 0.25) is 11.3 Å². The van der Waals surface area contributed by atoms with Crippen molar-refractivity contribution in [1.82, 2.24) is 10.2 Å². The molecule has 1 aromatic heterocycles. The molecular formula is C25H22N4O4. The highest BCUT2D eigenvalue weighted by molar-refractivity contribution is 6.05. The Morgan fingerprint density at radius 1 is 1.00 bits per heavy atom. The molecule has 0 spiro atoms. The number of hydrogen-bond acceptors (Lipinski definition) is 5. The Bertz CT molecular complexity index is 1400. The molecule has 0 aliphatic heterocycles. The third-order valence-corrected chi connectivity index (χ3v) is 5.16. The number of methoxy groups -OCH3 is 1. The van der Waals surface area contributed by atoms with Gasteiger partial charge in [0.15, 0.2) is 5.69 Å². The molecule has 4 aromatic rings. The van der Waals surface area contributed by atoms with Gasteiger partial charge in [0, 0.05) is 11.4 Å². The predicted molar refractivity (Wildman–Crippen MR) is 127 cm³/mol. The zero-order chi connectivity index (χ0) is 23.4. The maximum atomic E-state index is 13.0. The largest absolute Gasteiger partial charge is 0.497 e. The van der Waals surface area contributed by atoms with Crippen LogP contribution in [-0.4, -0.2) is 29.1 Å². The Morgan fingerprint density at radius 2 is 1.79 bits per heavy atom. The summed E-state index contributed by atoms with van der Waals surface area (Å²) < 4.78 is 5.17. The van der Waals surface area contributed by atoms with Gasteiger partial charge in [-0.25, -0.2) is 0 Å². The fraction of sp³-hybridized carbons (Fsp3) is 0.120. The number of nitrogens with one attached hydrogen (secondary N) is 3. The van der Waals surface area contributed by atoms with Crippen molar-refractivity contribution in [2.45, 2.75) is 13.3 Å². The van der Waals surface area contributed by atoms with E-state index < -0.39 is 11.3 Å². The van der Waals surface area contributed by atoms with Crippen LogP contribution >= 0.6 is 0 Å². The quantitative estimate of drug-likeness (QED) is 0.422. The molecule has 2 amide bonds. The van der Waals surface area contributed by atoms with Gasteiger partial charge >= 0.3 is 0 Å². The van der Waals surface area contributed by atoms with Crippen LogP contribution in [0.5, 0.6) is 5.75 Å². The molecule has 0 bridgehead atoms. The van der Waals surface area contributed by atoms with Crippen LogP contribution in [-0.2, 0) is 11.2 Å². The summed E-state index contributed by atoms with van der Waals surface area (Å²) in [5.41, 5.74) is 2.31. The van der Waals surface area contributed by atoms with Crippen LogP contribution in [0.25, 0.3) is 10.9 Å². The lowest BCUT2D eigenvalue weighted by molar-refractivity contribution is -0.115. The van der Waals surface area contributed by atoms with Crippen molar-refractivity contribution >= 4 is 34.1 Å². The van der Waals surface area contributed by atoms with E-state index in [0.717, 1.165) is 11.1 Å². The molecule has 8 heteroatoms. The molecule has 4 rings (SSSR count). The van der Waals surface area contributed by atoms with Crippen LogP contribution in [0.1, 0.15) is 21.6 Å².